The number of aliphatic hydroxyl groups excluding tert-OH is 1. The highest BCUT2D eigenvalue weighted by molar-refractivity contribution is 5.91. The van der Waals surface area contributed by atoms with Gasteiger partial charge >= 0.3 is 0 Å². The number of furan rings is 1. The lowest BCUT2D eigenvalue weighted by atomic mass is 9.73. The number of carbonyl (C=O) groups is 2. The molecule has 29 heavy (non-hydrogen) atoms. The standard InChI is InChI=1S/C21H27N3O5/c1-13-18(14(2)29-22-13)8-17-4-5-19(28-17)20(27)24-10-16-9-23(15(3)26)7-6-21(16,11-24)12-25/h4-5,16,25H,6-12H2,1-3H3. The van der Waals surface area contributed by atoms with Gasteiger partial charge in [-0.2, -0.15) is 0 Å². The zero-order valence-electron chi connectivity index (χ0n) is 17.1. The van der Waals surface area contributed by atoms with Gasteiger partial charge in [-0.3, -0.25) is 9.59 Å². The van der Waals surface area contributed by atoms with Crippen LogP contribution < -0.4 is 0 Å². The number of hydrogen-bond acceptors (Lipinski definition) is 6. The van der Waals surface area contributed by atoms with Crippen LogP contribution in [0.15, 0.2) is 21.1 Å². The normalized spacial score (nSPS) is 24.1. The Labute approximate surface area is 169 Å². The lowest BCUT2D eigenvalue weighted by molar-refractivity contribution is -0.133. The van der Waals surface area contributed by atoms with Crippen LogP contribution in [0.3, 0.4) is 0 Å². The van der Waals surface area contributed by atoms with Crippen molar-refractivity contribution in [2.75, 3.05) is 32.8 Å². The van der Waals surface area contributed by atoms with Crippen LogP contribution in [0.2, 0.25) is 0 Å². The second-order valence-electron chi connectivity index (χ2n) is 8.36. The summed E-state index contributed by atoms with van der Waals surface area (Å²) in [6.07, 6.45) is 1.22. The lowest BCUT2D eigenvalue weighted by Gasteiger charge is -2.41. The van der Waals surface area contributed by atoms with E-state index in [-0.39, 0.29) is 29.8 Å². The third kappa shape index (κ3) is 3.46. The smallest absolute Gasteiger partial charge is 0.289 e. The van der Waals surface area contributed by atoms with E-state index < -0.39 is 0 Å². The van der Waals surface area contributed by atoms with Gasteiger partial charge in [-0.05, 0) is 32.4 Å². The van der Waals surface area contributed by atoms with Gasteiger partial charge in [-0.15, -0.1) is 0 Å². The average Bonchev–Trinajstić information content (AvgIpc) is 3.40. The molecule has 156 valence electrons. The molecular formula is C21H27N3O5. The van der Waals surface area contributed by atoms with E-state index in [1.807, 2.05) is 19.9 Å². The van der Waals surface area contributed by atoms with Crippen LogP contribution in [0, 0.1) is 25.2 Å². The molecule has 0 radical (unpaired) electrons. The highest BCUT2D eigenvalue weighted by Gasteiger charge is 2.51. The van der Waals surface area contributed by atoms with Crippen LogP contribution in [-0.2, 0) is 11.2 Å². The van der Waals surface area contributed by atoms with Crippen molar-refractivity contribution in [3.8, 4) is 0 Å². The maximum Gasteiger partial charge on any atom is 0.289 e. The van der Waals surface area contributed by atoms with Gasteiger partial charge in [0.15, 0.2) is 5.76 Å². The number of fused-ring (bicyclic) bond motifs is 1. The summed E-state index contributed by atoms with van der Waals surface area (Å²) in [5.41, 5.74) is 1.44. The van der Waals surface area contributed by atoms with Crippen molar-refractivity contribution in [2.24, 2.45) is 11.3 Å². The number of likely N-dealkylation sites (tertiary alicyclic amines) is 2. The second-order valence-corrected chi connectivity index (χ2v) is 8.36. The molecule has 0 aliphatic carbocycles. The van der Waals surface area contributed by atoms with E-state index in [1.165, 1.54) is 0 Å². The summed E-state index contributed by atoms with van der Waals surface area (Å²) in [5.74, 6) is 1.66. The highest BCUT2D eigenvalue weighted by Crippen LogP contribution is 2.43. The average molecular weight is 401 g/mol. The Hall–Kier alpha value is -2.61. The lowest BCUT2D eigenvalue weighted by Crippen LogP contribution is -2.50. The molecule has 2 aromatic heterocycles. The number of hydrogen-bond donors (Lipinski definition) is 1. The van der Waals surface area contributed by atoms with Crippen LogP contribution >= 0.6 is 0 Å². The predicted molar refractivity (Wildman–Crippen MR) is 103 cm³/mol. The summed E-state index contributed by atoms with van der Waals surface area (Å²) >= 11 is 0. The first-order valence-electron chi connectivity index (χ1n) is 9.99. The first kappa shape index (κ1) is 19.7. The van der Waals surface area contributed by atoms with E-state index >= 15 is 0 Å². The van der Waals surface area contributed by atoms with Gasteiger partial charge in [0.25, 0.3) is 5.91 Å². The Balaban J connectivity index is 1.48. The van der Waals surface area contributed by atoms with E-state index in [0.717, 1.165) is 17.0 Å². The number of rotatable bonds is 4. The van der Waals surface area contributed by atoms with Crippen LogP contribution in [-0.4, -0.2) is 64.7 Å². The van der Waals surface area contributed by atoms with Gasteiger partial charge in [0.1, 0.15) is 11.5 Å². The zero-order valence-corrected chi connectivity index (χ0v) is 17.1. The Morgan fingerprint density at radius 3 is 2.69 bits per heavy atom. The molecule has 4 rings (SSSR count). The van der Waals surface area contributed by atoms with Gasteiger partial charge in [0.2, 0.25) is 5.91 Å². The van der Waals surface area contributed by atoms with Crippen molar-refractivity contribution in [1.29, 1.82) is 0 Å². The molecule has 8 nitrogen and oxygen atoms in total. The largest absolute Gasteiger partial charge is 0.456 e. The minimum absolute atomic E-state index is 0.0165. The first-order valence-corrected chi connectivity index (χ1v) is 9.99. The number of aromatic nitrogens is 1. The minimum Gasteiger partial charge on any atom is -0.456 e. The topological polar surface area (TPSA) is 100 Å². The number of aryl methyl sites for hydroxylation is 2. The third-order valence-electron chi connectivity index (χ3n) is 6.59. The van der Waals surface area contributed by atoms with Crippen LogP contribution in [0.1, 0.15) is 46.7 Å². The summed E-state index contributed by atoms with van der Waals surface area (Å²) in [6.45, 7) is 7.52. The van der Waals surface area contributed by atoms with E-state index in [4.69, 9.17) is 8.94 Å². The molecule has 0 saturated carbocycles. The molecule has 1 N–H and O–H groups in total. The monoisotopic (exact) mass is 401 g/mol. The van der Waals surface area contributed by atoms with Crippen LogP contribution in [0.25, 0.3) is 0 Å². The molecule has 2 aliphatic rings. The SMILES string of the molecule is CC(=O)N1CCC2(CO)CN(C(=O)c3ccc(Cc4c(C)noc4C)o3)CC2C1. The molecular weight excluding hydrogens is 374 g/mol. The molecule has 8 heteroatoms. The van der Waals surface area contributed by atoms with E-state index in [2.05, 4.69) is 5.16 Å². The summed E-state index contributed by atoms with van der Waals surface area (Å²) in [5, 5.41) is 14.0. The molecule has 2 fully saturated rings. The van der Waals surface area contributed by atoms with Crippen molar-refractivity contribution in [3.05, 3.63) is 40.7 Å². The molecule has 4 heterocycles. The quantitative estimate of drug-likeness (QED) is 0.838. The molecule has 2 aliphatic heterocycles. The van der Waals surface area contributed by atoms with Gasteiger partial charge in [0, 0.05) is 56.4 Å². The Morgan fingerprint density at radius 1 is 1.28 bits per heavy atom. The molecule has 2 aromatic rings. The Morgan fingerprint density at radius 2 is 2.03 bits per heavy atom. The minimum atomic E-state index is -0.340. The number of nitrogens with zero attached hydrogens (tertiary/aromatic N) is 3. The molecule has 2 amide bonds. The number of aliphatic hydroxyl groups is 1. The van der Waals surface area contributed by atoms with Gasteiger partial charge in [0.05, 0.1) is 12.3 Å². The molecule has 2 unspecified atom stereocenters. The summed E-state index contributed by atoms with van der Waals surface area (Å²) in [6, 6.07) is 3.51. The Bertz CT molecular complexity index is 913. The number of carbonyl (C=O) groups excluding carboxylic acids is 2. The predicted octanol–water partition coefficient (Wildman–Crippen LogP) is 1.78. The van der Waals surface area contributed by atoms with E-state index in [1.54, 1.807) is 22.8 Å². The molecule has 2 saturated heterocycles. The maximum atomic E-state index is 13.1. The van der Waals surface area contributed by atoms with Crippen molar-refractivity contribution >= 4 is 11.8 Å². The van der Waals surface area contributed by atoms with Crippen LogP contribution in [0.5, 0.6) is 0 Å². The first-order chi connectivity index (χ1) is 13.8. The van der Waals surface area contributed by atoms with Gasteiger partial charge in [-0.1, -0.05) is 5.16 Å². The molecule has 2 atom stereocenters. The fourth-order valence-corrected chi connectivity index (χ4v) is 4.65. The molecule has 0 spiro atoms. The Kier molecular flexibility index (Phi) is 4.98. The van der Waals surface area contributed by atoms with Gasteiger partial charge in [-0.25, -0.2) is 0 Å². The van der Waals surface area contributed by atoms with Crippen molar-refractivity contribution in [2.45, 2.75) is 33.6 Å². The van der Waals surface area contributed by atoms with Crippen molar-refractivity contribution in [1.82, 2.24) is 15.0 Å². The summed E-state index contributed by atoms with van der Waals surface area (Å²) in [4.78, 5) is 28.4. The third-order valence-corrected chi connectivity index (χ3v) is 6.59. The fourth-order valence-electron chi connectivity index (χ4n) is 4.65. The van der Waals surface area contributed by atoms with Crippen molar-refractivity contribution < 1.29 is 23.6 Å². The molecule has 0 aromatic carbocycles. The fraction of sp³-hybridized carbons (Fsp3) is 0.571. The molecule has 0 bridgehead atoms. The zero-order chi connectivity index (χ0) is 20.8. The van der Waals surface area contributed by atoms with Crippen LogP contribution in [0.4, 0.5) is 0 Å². The summed E-state index contributed by atoms with van der Waals surface area (Å²) < 4.78 is 11.0. The maximum absolute atomic E-state index is 13.1. The van der Waals surface area contributed by atoms with Gasteiger partial charge < -0.3 is 23.8 Å². The number of piperidine rings is 1. The van der Waals surface area contributed by atoms with E-state index in [0.29, 0.717) is 50.5 Å². The van der Waals surface area contributed by atoms with Crippen molar-refractivity contribution in [3.63, 3.8) is 0 Å². The highest BCUT2D eigenvalue weighted by atomic mass is 16.5. The summed E-state index contributed by atoms with van der Waals surface area (Å²) in [7, 11) is 0. The van der Waals surface area contributed by atoms with E-state index in [9.17, 15) is 14.7 Å². The number of amides is 2. The second kappa shape index (κ2) is 7.33.